The third kappa shape index (κ3) is 13.4. The fourth-order valence-corrected chi connectivity index (χ4v) is 4.12. The lowest BCUT2D eigenvalue weighted by Gasteiger charge is -2.25. The third-order valence-corrected chi connectivity index (χ3v) is 6.66. The summed E-state index contributed by atoms with van der Waals surface area (Å²) >= 11 is 0. The molecule has 37 heavy (non-hydrogen) atoms. The summed E-state index contributed by atoms with van der Waals surface area (Å²) in [6, 6.07) is 7.48. The molecular weight excluding hydrogens is 470 g/mol. The Balaban J connectivity index is 2.38. The second kappa shape index (κ2) is 18.6. The number of hydrogen-bond donors (Lipinski definition) is 3. The zero-order chi connectivity index (χ0) is 27.5. The maximum Gasteiger partial charge on any atom is 0.336 e. The summed E-state index contributed by atoms with van der Waals surface area (Å²) < 4.78 is 5.13. The van der Waals surface area contributed by atoms with Crippen LogP contribution >= 0.6 is 0 Å². The lowest BCUT2D eigenvalue weighted by molar-refractivity contribution is -0.163. The number of hydrogen-bond acceptors (Lipinski definition) is 5. The average molecular weight is 518 g/mol. The van der Waals surface area contributed by atoms with Gasteiger partial charge in [0.1, 0.15) is 11.5 Å². The van der Waals surface area contributed by atoms with Gasteiger partial charge in [-0.05, 0) is 56.7 Å². The van der Waals surface area contributed by atoms with E-state index in [0.717, 1.165) is 56.8 Å². The number of rotatable bonds is 21. The number of aliphatic carboxylic acids is 1. The maximum atomic E-state index is 12.7. The Morgan fingerprint density at radius 1 is 0.973 bits per heavy atom. The van der Waals surface area contributed by atoms with Gasteiger partial charge in [-0.1, -0.05) is 69.7 Å². The number of carbonyl (C=O) groups is 3. The van der Waals surface area contributed by atoms with E-state index in [0.29, 0.717) is 38.0 Å². The van der Waals surface area contributed by atoms with Crippen molar-refractivity contribution in [2.24, 2.45) is 5.92 Å². The summed E-state index contributed by atoms with van der Waals surface area (Å²) in [6.07, 6.45) is 15.4. The SMILES string of the molecule is CCCCCCCC(=O)CCCCCCC=C[C@H](C(=O)NCCc1ccc(OC)cc1)[C@](C)(O)C(=O)O. The number of carboxylic acid groups (broad SMARTS) is 1. The molecule has 0 spiro atoms. The zero-order valence-electron chi connectivity index (χ0n) is 23.0. The number of Topliss-reactive ketones (excluding diaryl/α,β-unsaturated/α-hetero) is 1. The molecule has 0 aliphatic heterocycles. The zero-order valence-corrected chi connectivity index (χ0v) is 23.0. The van der Waals surface area contributed by atoms with Gasteiger partial charge >= 0.3 is 5.97 Å². The first kappa shape index (κ1) is 32.4. The number of allylic oxidation sites excluding steroid dienone is 1. The summed E-state index contributed by atoms with van der Waals surface area (Å²) in [7, 11) is 1.59. The summed E-state index contributed by atoms with van der Waals surface area (Å²) in [5, 5.41) is 22.7. The summed E-state index contributed by atoms with van der Waals surface area (Å²) in [5.74, 6) is -2.06. The molecule has 7 heteroatoms. The molecule has 0 unspecified atom stereocenters. The first-order valence-electron chi connectivity index (χ1n) is 13.8. The first-order chi connectivity index (χ1) is 17.7. The third-order valence-electron chi connectivity index (χ3n) is 6.66. The van der Waals surface area contributed by atoms with E-state index in [4.69, 9.17) is 4.74 Å². The number of benzene rings is 1. The minimum Gasteiger partial charge on any atom is -0.497 e. The molecule has 0 heterocycles. The minimum atomic E-state index is -2.21. The van der Waals surface area contributed by atoms with Crippen LogP contribution in [0.2, 0.25) is 0 Å². The van der Waals surface area contributed by atoms with Crippen molar-refractivity contribution in [3.63, 3.8) is 0 Å². The van der Waals surface area contributed by atoms with E-state index >= 15 is 0 Å². The van der Waals surface area contributed by atoms with Crippen molar-refractivity contribution < 1.29 is 29.3 Å². The number of nitrogens with one attached hydrogen (secondary N) is 1. The molecule has 208 valence electrons. The van der Waals surface area contributed by atoms with Crippen LogP contribution in [-0.2, 0) is 20.8 Å². The molecule has 0 saturated carbocycles. The fraction of sp³-hybridized carbons (Fsp3) is 0.633. The Labute approximate surface area is 222 Å². The average Bonchev–Trinajstić information content (AvgIpc) is 2.87. The largest absolute Gasteiger partial charge is 0.497 e. The number of carbonyl (C=O) groups excluding carboxylic acids is 2. The molecule has 0 aliphatic rings. The molecule has 0 fully saturated rings. The highest BCUT2D eigenvalue weighted by molar-refractivity contribution is 5.90. The van der Waals surface area contributed by atoms with Crippen LogP contribution in [0, 0.1) is 5.92 Å². The van der Waals surface area contributed by atoms with Gasteiger partial charge in [0.05, 0.1) is 13.0 Å². The standard InChI is InChI=1S/C30H47NO6/c1-4-5-6-9-12-15-25(32)16-13-10-7-8-11-14-17-27(30(2,36)29(34)35)28(33)31-23-22-24-18-20-26(37-3)21-19-24/h14,17-21,27,36H,4-13,15-16,22-23H2,1-3H3,(H,31,33)(H,34,35)/t27-,30+/m1/s1. The van der Waals surface area contributed by atoms with Crippen LogP contribution in [0.3, 0.4) is 0 Å². The Morgan fingerprint density at radius 2 is 1.57 bits per heavy atom. The summed E-state index contributed by atoms with van der Waals surface area (Å²) in [6.45, 7) is 3.65. The van der Waals surface area contributed by atoms with E-state index in [1.165, 1.54) is 25.3 Å². The quantitative estimate of drug-likeness (QED) is 0.144. The van der Waals surface area contributed by atoms with Crippen molar-refractivity contribution >= 4 is 17.7 Å². The molecule has 1 amide bonds. The van der Waals surface area contributed by atoms with Crippen molar-refractivity contribution in [2.45, 2.75) is 103 Å². The van der Waals surface area contributed by atoms with Crippen molar-refractivity contribution in [3.8, 4) is 5.75 Å². The lowest BCUT2D eigenvalue weighted by atomic mass is 9.87. The first-order valence-corrected chi connectivity index (χ1v) is 13.8. The molecule has 2 atom stereocenters. The predicted octanol–water partition coefficient (Wildman–Crippen LogP) is 5.63. The molecule has 3 N–H and O–H groups in total. The van der Waals surface area contributed by atoms with Crippen molar-refractivity contribution in [1.29, 1.82) is 0 Å². The van der Waals surface area contributed by atoms with Crippen LogP contribution < -0.4 is 10.1 Å². The van der Waals surface area contributed by atoms with E-state index in [9.17, 15) is 24.6 Å². The maximum absolute atomic E-state index is 12.7. The van der Waals surface area contributed by atoms with Crippen molar-refractivity contribution in [1.82, 2.24) is 5.32 Å². The van der Waals surface area contributed by atoms with Crippen LogP contribution in [0.25, 0.3) is 0 Å². The van der Waals surface area contributed by atoms with Gasteiger partial charge in [0.15, 0.2) is 5.60 Å². The molecule has 0 aromatic heterocycles. The van der Waals surface area contributed by atoms with Gasteiger partial charge in [-0.2, -0.15) is 0 Å². The number of aliphatic hydroxyl groups is 1. The summed E-state index contributed by atoms with van der Waals surface area (Å²) in [5.41, 5.74) is -1.20. The van der Waals surface area contributed by atoms with Gasteiger partial charge in [-0.3, -0.25) is 9.59 Å². The molecule has 0 aliphatic carbocycles. The van der Waals surface area contributed by atoms with Gasteiger partial charge in [-0.25, -0.2) is 4.79 Å². The molecule has 0 saturated heterocycles. The van der Waals surface area contributed by atoms with E-state index in [-0.39, 0.29) is 0 Å². The monoisotopic (exact) mass is 517 g/mol. The van der Waals surface area contributed by atoms with E-state index in [1.54, 1.807) is 13.2 Å². The molecule has 1 rings (SSSR count). The Bertz CT molecular complexity index is 831. The minimum absolute atomic E-state index is 0.322. The van der Waals surface area contributed by atoms with E-state index in [2.05, 4.69) is 12.2 Å². The Kier molecular flexibility index (Phi) is 16.2. The van der Waals surface area contributed by atoms with Gasteiger partial charge in [0.2, 0.25) is 5.91 Å². The number of amides is 1. The van der Waals surface area contributed by atoms with E-state index in [1.807, 2.05) is 24.3 Å². The molecule has 1 aromatic carbocycles. The lowest BCUT2D eigenvalue weighted by Crippen LogP contribution is -2.49. The molecule has 7 nitrogen and oxygen atoms in total. The highest BCUT2D eigenvalue weighted by Gasteiger charge is 2.42. The van der Waals surface area contributed by atoms with Crippen LogP contribution in [0.5, 0.6) is 5.75 Å². The highest BCUT2D eigenvalue weighted by atomic mass is 16.5. The molecular formula is C30H47NO6. The fourth-order valence-electron chi connectivity index (χ4n) is 4.12. The Morgan fingerprint density at radius 3 is 2.14 bits per heavy atom. The summed E-state index contributed by atoms with van der Waals surface area (Å²) in [4.78, 5) is 36.3. The smallest absolute Gasteiger partial charge is 0.336 e. The van der Waals surface area contributed by atoms with E-state index < -0.39 is 23.4 Å². The van der Waals surface area contributed by atoms with Gasteiger partial charge in [0.25, 0.3) is 0 Å². The second-order valence-electron chi connectivity index (χ2n) is 9.90. The molecule has 0 bridgehead atoms. The number of methoxy groups -OCH3 is 1. The molecule has 1 aromatic rings. The van der Waals surface area contributed by atoms with Gasteiger partial charge in [-0.15, -0.1) is 0 Å². The number of ether oxygens (including phenoxy) is 1. The second-order valence-corrected chi connectivity index (χ2v) is 9.90. The van der Waals surface area contributed by atoms with Crippen LogP contribution in [0.15, 0.2) is 36.4 Å². The van der Waals surface area contributed by atoms with Crippen molar-refractivity contribution in [3.05, 3.63) is 42.0 Å². The number of unbranched alkanes of at least 4 members (excludes halogenated alkanes) is 8. The van der Waals surface area contributed by atoms with Crippen LogP contribution in [-0.4, -0.2) is 47.1 Å². The van der Waals surface area contributed by atoms with Crippen LogP contribution in [0.1, 0.15) is 96.5 Å². The number of ketones is 1. The normalized spacial score (nSPS) is 13.7. The van der Waals surface area contributed by atoms with Gasteiger partial charge in [0, 0.05) is 19.4 Å². The van der Waals surface area contributed by atoms with Crippen LogP contribution in [0.4, 0.5) is 0 Å². The number of carboxylic acids is 1. The molecule has 0 radical (unpaired) electrons. The predicted molar refractivity (Wildman–Crippen MR) is 147 cm³/mol. The highest BCUT2D eigenvalue weighted by Crippen LogP contribution is 2.21. The Hall–Kier alpha value is -2.67. The van der Waals surface area contributed by atoms with Gasteiger partial charge < -0.3 is 20.3 Å². The topological polar surface area (TPSA) is 113 Å². The van der Waals surface area contributed by atoms with Crippen molar-refractivity contribution in [2.75, 3.05) is 13.7 Å².